The molecule has 0 saturated heterocycles. The number of anilines is 1. The largest absolute Gasteiger partial charge is 0.497 e. The lowest BCUT2D eigenvalue weighted by Crippen LogP contribution is -2.48. The third-order valence-corrected chi connectivity index (χ3v) is 6.64. The second-order valence-electron chi connectivity index (χ2n) is 8.05. The molecule has 6 rings (SSSR count). The summed E-state index contributed by atoms with van der Waals surface area (Å²) in [5.74, 6) is 0.481. The number of hydrogen-bond donors (Lipinski definition) is 1. The van der Waals surface area contributed by atoms with Crippen molar-refractivity contribution < 1.29 is 14.3 Å². The highest BCUT2D eigenvalue weighted by molar-refractivity contribution is 6.00. The number of ether oxygens (including phenoxy) is 2. The van der Waals surface area contributed by atoms with Crippen molar-refractivity contribution in [3.63, 3.8) is 0 Å². The van der Waals surface area contributed by atoms with E-state index in [0.717, 1.165) is 11.1 Å². The molecule has 3 aromatic carbocycles. The van der Waals surface area contributed by atoms with Crippen LogP contribution in [-0.2, 0) is 4.79 Å². The quantitative estimate of drug-likeness (QED) is 0.669. The van der Waals surface area contributed by atoms with Crippen LogP contribution < -0.4 is 14.8 Å². The lowest BCUT2D eigenvalue weighted by atomic mass is 9.52. The highest BCUT2D eigenvalue weighted by atomic mass is 16.5. The summed E-state index contributed by atoms with van der Waals surface area (Å²) >= 11 is 0. The zero-order valence-electron chi connectivity index (χ0n) is 17.4. The first-order valence-corrected chi connectivity index (χ1v) is 10.3. The van der Waals surface area contributed by atoms with Gasteiger partial charge in [-0.3, -0.25) is 4.79 Å². The Balaban J connectivity index is 1.63. The summed E-state index contributed by atoms with van der Waals surface area (Å²) in [6, 6.07) is 24.0. The highest BCUT2D eigenvalue weighted by Crippen LogP contribution is 2.61. The molecule has 3 aliphatic rings. The fourth-order valence-electron chi connectivity index (χ4n) is 5.24. The fraction of sp³-hybridized carbons (Fsp3) is 0.231. The van der Waals surface area contributed by atoms with Gasteiger partial charge in [0.25, 0.3) is 0 Å². The summed E-state index contributed by atoms with van der Waals surface area (Å²) in [5, 5.41) is 13.4. The molecule has 0 spiro atoms. The number of hydrogen-bond acceptors (Lipinski definition) is 4. The second kappa shape index (κ2) is 7.17. The maximum absolute atomic E-state index is 13.8. The van der Waals surface area contributed by atoms with Gasteiger partial charge >= 0.3 is 0 Å². The number of rotatable bonds is 4. The summed E-state index contributed by atoms with van der Waals surface area (Å²) in [7, 11) is 3.12. The van der Waals surface area contributed by atoms with Gasteiger partial charge in [-0.05, 0) is 40.8 Å². The number of nitrogens with zero attached hydrogens (tertiary/aromatic N) is 1. The number of benzene rings is 3. The van der Waals surface area contributed by atoms with Gasteiger partial charge in [0, 0.05) is 17.9 Å². The molecule has 5 heteroatoms. The molecule has 0 aliphatic heterocycles. The van der Waals surface area contributed by atoms with Crippen LogP contribution in [-0.4, -0.2) is 20.1 Å². The molecule has 1 atom stereocenters. The Labute approximate surface area is 181 Å². The number of methoxy groups -OCH3 is 2. The van der Waals surface area contributed by atoms with Crippen LogP contribution >= 0.6 is 0 Å². The molecular weight excluding hydrogens is 388 g/mol. The van der Waals surface area contributed by atoms with E-state index in [1.807, 2.05) is 36.4 Å². The molecule has 0 saturated carbocycles. The number of nitrogens with one attached hydrogen (secondary N) is 1. The van der Waals surface area contributed by atoms with Gasteiger partial charge < -0.3 is 14.8 Å². The van der Waals surface area contributed by atoms with Gasteiger partial charge in [0.2, 0.25) is 5.91 Å². The third-order valence-electron chi connectivity index (χ3n) is 6.64. The summed E-state index contributed by atoms with van der Waals surface area (Å²) in [4.78, 5) is 13.8. The zero-order chi connectivity index (χ0) is 21.6. The number of fused-ring (bicyclic) bond motifs is 1. The maximum atomic E-state index is 13.8. The first-order valence-electron chi connectivity index (χ1n) is 10.3. The Morgan fingerprint density at radius 2 is 1.58 bits per heavy atom. The monoisotopic (exact) mass is 410 g/mol. The smallest absolute Gasteiger partial charge is 0.245 e. The summed E-state index contributed by atoms with van der Waals surface area (Å²) in [6.45, 7) is 0. The van der Waals surface area contributed by atoms with E-state index in [1.165, 1.54) is 11.1 Å². The molecule has 0 radical (unpaired) electrons. The SMILES string of the molecule is COc1ccc(OC)c(NC(=O)C2(C#N)CC3c4ccccc4C2c2ccccc23)c1. The molecule has 2 bridgehead atoms. The first kappa shape index (κ1) is 19.2. The Bertz CT molecular complexity index is 1180. The minimum absolute atomic E-state index is 0.00926. The van der Waals surface area contributed by atoms with E-state index in [1.54, 1.807) is 32.4 Å². The molecule has 1 amide bonds. The van der Waals surface area contributed by atoms with Gasteiger partial charge in [-0.15, -0.1) is 0 Å². The summed E-state index contributed by atoms with van der Waals surface area (Å²) in [5.41, 5.74) is 3.82. The average Bonchev–Trinajstić information content (AvgIpc) is 2.83. The predicted octanol–water partition coefficient (Wildman–Crippen LogP) is 4.83. The van der Waals surface area contributed by atoms with Crippen LogP contribution in [0.25, 0.3) is 0 Å². The van der Waals surface area contributed by atoms with Gasteiger partial charge in [-0.1, -0.05) is 48.5 Å². The van der Waals surface area contributed by atoms with Gasteiger partial charge in [-0.25, -0.2) is 0 Å². The lowest BCUT2D eigenvalue weighted by molar-refractivity contribution is -0.124. The third kappa shape index (κ3) is 2.72. The molecule has 154 valence electrons. The Morgan fingerprint density at radius 3 is 2.13 bits per heavy atom. The number of amides is 1. The first-order chi connectivity index (χ1) is 15.1. The molecule has 0 heterocycles. The Morgan fingerprint density at radius 1 is 0.968 bits per heavy atom. The Kier molecular flexibility index (Phi) is 4.44. The highest BCUT2D eigenvalue weighted by Gasteiger charge is 2.57. The van der Waals surface area contributed by atoms with E-state index >= 15 is 0 Å². The van der Waals surface area contributed by atoms with Crippen molar-refractivity contribution >= 4 is 11.6 Å². The van der Waals surface area contributed by atoms with E-state index in [9.17, 15) is 10.1 Å². The number of carbonyl (C=O) groups is 1. The van der Waals surface area contributed by atoms with Crippen molar-refractivity contribution in [2.24, 2.45) is 5.41 Å². The molecular formula is C26H22N2O3. The standard InChI is InChI=1S/C26H22N2O3/c1-30-16-11-12-23(31-2)22(13-16)28-25(29)26(15-27)14-21-17-7-3-5-9-19(17)24(26)20-10-6-4-8-18(20)21/h3-13,21,24H,14H2,1-2H3,(H,28,29). The van der Waals surface area contributed by atoms with Crippen LogP contribution in [0.15, 0.2) is 66.7 Å². The van der Waals surface area contributed by atoms with Crippen molar-refractivity contribution in [3.8, 4) is 17.6 Å². The van der Waals surface area contributed by atoms with Gasteiger partial charge in [0.1, 0.15) is 16.9 Å². The van der Waals surface area contributed by atoms with Crippen molar-refractivity contribution in [1.29, 1.82) is 5.26 Å². The number of carbonyl (C=O) groups excluding carboxylic acids is 1. The van der Waals surface area contributed by atoms with Gasteiger partial charge in [0.05, 0.1) is 26.0 Å². The van der Waals surface area contributed by atoms with Crippen molar-refractivity contribution in [2.45, 2.75) is 18.3 Å². The van der Waals surface area contributed by atoms with Gasteiger partial charge in [0.15, 0.2) is 0 Å². The molecule has 0 aromatic heterocycles. The second-order valence-corrected chi connectivity index (χ2v) is 8.05. The topological polar surface area (TPSA) is 71.3 Å². The lowest BCUT2D eigenvalue weighted by Gasteiger charge is -2.48. The summed E-state index contributed by atoms with van der Waals surface area (Å²) in [6.07, 6.45) is 0.445. The zero-order valence-corrected chi connectivity index (χ0v) is 17.4. The normalized spacial score (nSPS) is 22.6. The molecule has 5 nitrogen and oxygen atoms in total. The van der Waals surface area contributed by atoms with E-state index < -0.39 is 5.41 Å². The van der Waals surface area contributed by atoms with Crippen LogP contribution in [0.5, 0.6) is 11.5 Å². The molecule has 1 N–H and O–H groups in total. The Hall–Kier alpha value is -3.78. The molecule has 3 aliphatic carbocycles. The fourth-order valence-corrected chi connectivity index (χ4v) is 5.24. The molecule has 1 unspecified atom stereocenters. The molecule has 31 heavy (non-hydrogen) atoms. The van der Waals surface area contributed by atoms with Crippen LogP contribution in [0.1, 0.15) is 40.5 Å². The van der Waals surface area contributed by atoms with Crippen LogP contribution in [0.2, 0.25) is 0 Å². The maximum Gasteiger partial charge on any atom is 0.245 e. The summed E-state index contributed by atoms with van der Waals surface area (Å²) < 4.78 is 10.7. The van der Waals surface area contributed by atoms with E-state index in [-0.39, 0.29) is 17.7 Å². The van der Waals surface area contributed by atoms with E-state index in [4.69, 9.17) is 9.47 Å². The molecule has 3 aromatic rings. The van der Waals surface area contributed by atoms with Crippen LogP contribution in [0.3, 0.4) is 0 Å². The van der Waals surface area contributed by atoms with Crippen molar-refractivity contribution in [1.82, 2.24) is 0 Å². The van der Waals surface area contributed by atoms with E-state index in [0.29, 0.717) is 23.6 Å². The van der Waals surface area contributed by atoms with Crippen LogP contribution in [0, 0.1) is 16.7 Å². The molecule has 0 fully saturated rings. The number of nitriles is 1. The minimum Gasteiger partial charge on any atom is -0.497 e. The van der Waals surface area contributed by atoms with Gasteiger partial charge in [-0.2, -0.15) is 5.26 Å². The van der Waals surface area contributed by atoms with Crippen molar-refractivity contribution in [2.75, 3.05) is 19.5 Å². The van der Waals surface area contributed by atoms with Crippen LogP contribution in [0.4, 0.5) is 5.69 Å². The predicted molar refractivity (Wildman–Crippen MR) is 117 cm³/mol. The average molecular weight is 410 g/mol. The minimum atomic E-state index is -1.22. The van der Waals surface area contributed by atoms with E-state index in [2.05, 4.69) is 23.5 Å². The van der Waals surface area contributed by atoms with Crippen molar-refractivity contribution in [3.05, 3.63) is 89.0 Å².